The fraction of sp³-hybridized carbons (Fsp3) is 0.312. The van der Waals surface area contributed by atoms with Gasteiger partial charge in [0.05, 0.1) is 12.5 Å². The van der Waals surface area contributed by atoms with Crippen LogP contribution in [0.2, 0.25) is 0 Å². The van der Waals surface area contributed by atoms with Gasteiger partial charge in [-0.05, 0) is 31.5 Å². The van der Waals surface area contributed by atoms with E-state index in [4.69, 9.17) is 4.42 Å². The molecule has 22 heavy (non-hydrogen) atoms. The molecule has 6 heteroatoms. The Morgan fingerprint density at radius 3 is 3.09 bits per heavy atom. The van der Waals surface area contributed by atoms with Crippen molar-refractivity contribution in [3.05, 3.63) is 54.4 Å². The van der Waals surface area contributed by atoms with E-state index < -0.39 is 0 Å². The number of hydrogen-bond donors (Lipinski definition) is 0. The van der Waals surface area contributed by atoms with Crippen LogP contribution >= 0.6 is 0 Å². The zero-order chi connectivity index (χ0) is 15.5. The Labute approximate surface area is 128 Å². The first kappa shape index (κ1) is 14.3. The summed E-state index contributed by atoms with van der Waals surface area (Å²) in [6.07, 6.45) is 8.31. The van der Waals surface area contributed by atoms with Crippen LogP contribution in [0.25, 0.3) is 5.65 Å². The van der Waals surface area contributed by atoms with E-state index in [1.807, 2.05) is 26.1 Å². The molecule has 1 amide bonds. The number of fused-ring (bicyclic) bond motifs is 1. The lowest BCUT2D eigenvalue weighted by Gasteiger charge is -2.24. The first-order valence-electron chi connectivity index (χ1n) is 7.24. The molecule has 3 aromatic heterocycles. The zero-order valence-corrected chi connectivity index (χ0v) is 12.6. The molecule has 0 radical (unpaired) electrons. The molecule has 3 rings (SSSR count). The van der Waals surface area contributed by atoms with Crippen LogP contribution in [0.1, 0.15) is 29.5 Å². The first-order chi connectivity index (χ1) is 10.7. The minimum absolute atomic E-state index is 0.0688. The molecule has 0 aliphatic heterocycles. The second-order valence-electron chi connectivity index (χ2n) is 5.33. The van der Waals surface area contributed by atoms with Crippen LogP contribution in [-0.2, 0) is 6.42 Å². The number of aromatic nitrogens is 3. The molecule has 0 bridgehead atoms. The summed E-state index contributed by atoms with van der Waals surface area (Å²) in [5.74, 6) is 0.867. The summed E-state index contributed by atoms with van der Waals surface area (Å²) in [5, 5.41) is 4.16. The van der Waals surface area contributed by atoms with E-state index in [1.165, 1.54) is 0 Å². The number of furan rings is 1. The lowest BCUT2D eigenvalue weighted by atomic mass is 10.1. The molecular formula is C16H18N4O2. The molecule has 0 fully saturated rings. The number of hydrogen-bond acceptors (Lipinski definition) is 4. The molecule has 0 aliphatic rings. The number of rotatable bonds is 5. The lowest BCUT2D eigenvalue weighted by molar-refractivity contribution is 0.0738. The van der Waals surface area contributed by atoms with Gasteiger partial charge >= 0.3 is 0 Å². The van der Waals surface area contributed by atoms with Crippen LogP contribution < -0.4 is 0 Å². The summed E-state index contributed by atoms with van der Waals surface area (Å²) in [4.78, 5) is 18.6. The van der Waals surface area contributed by atoms with E-state index >= 15 is 0 Å². The summed E-state index contributed by atoms with van der Waals surface area (Å²) in [6.45, 7) is 2.03. The van der Waals surface area contributed by atoms with Crippen molar-refractivity contribution in [2.75, 3.05) is 7.05 Å². The van der Waals surface area contributed by atoms with Crippen molar-refractivity contribution in [1.29, 1.82) is 0 Å². The van der Waals surface area contributed by atoms with Gasteiger partial charge in [0, 0.05) is 31.9 Å². The smallest absolute Gasteiger partial charge is 0.259 e. The molecule has 3 heterocycles. The van der Waals surface area contributed by atoms with Gasteiger partial charge in [0.1, 0.15) is 11.3 Å². The van der Waals surface area contributed by atoms with Crippen LogP contribution in [0.4, 0.5) is 0 Å². The summed E-state index contributed by atoms with van der Waals surface area (Å²) in [6, 6.07) is 5.70. The van der Waals surface area contributed by atoms with E-state index in [1.54, 1.807) is 40.3 Å². The molecule has 1 atom stereocenters. The Balaban J connectivity index is 1.70. The number of aryl methyl sites for hydroxylation is 1. The fourth-order valence-corrected chi connectivity index (χ4v) is 2.37. The Hall–Kier alpha value is -2.63. The van der Waals surface area contributed by atoms with Crippen molar-refractivity contribution in [2.45, 2.75) is 25.8 Å². The maximum atomic E-state index is 12.6. The third-order valence-corrected chi connectivity index (χ3v) is 3.88. The highest BCUT2D eigenvalue weighted by Gasteiger charge is 2.21. The largest absolute Gasteiger partial charge is 0.469 e. The fourth-order valence-electron chi connectivity index (χ4n) is 2.37. The summed E-state index contributed by atoms with van der Waals surface area (Å²) in [5.41, 5.74) is 1.10. The van der Waals surface area contributed by atoms with Gasteiger partial charge in [0.15, 0.2) is 5.65 Å². The van der Waals surface area contributed by atoms with E-state index in [9.17, 15) is 4.79 Å². The van der Waals surface area contributed by atoms with Crippen LogP contribution in [-0.4, -0.2) is 38.5 Å². The number of nitrogens with zero attached hydrogens (tertiary/aromatic N) is 4. The van der Waals surface area contributed by atoms with Crippen molar-refractivity contribution in [3.8, 4) is 0 Å². The maximum Gasteiger partial charge on any atom is 0.259 e. The zero-order valence-electron chi connectivity index (χ0n) is 12.6. The molecule has 0 spiro atoms. The maximum absolute atomic E-state index is 12.6. The SMILES string of the molecule is CC(CCc1ccco1)N(C)C(=O)c1cnn2cccnc12. The average Bonchev–Trinajstić information content (AvgIpc) is 3.20. The van der Waals surface area contributed by atoms with Crippen LogP contribution in [0.15, 0.2) is 47.5 Å². The lowest BCUT2D eigenvalue weighted by Crippen LogP contribution is -2.35. The second kappa shape index (κ2) is 6.01. The van der Waals surface area contributed by atoms with Crippen LogP contribution in [0.3, 0.4) is 0 Å². The standard InChI is InChI=1S/C16H18N4O2/c1-12(6-7-13-5-3-10-22-13)19(2)16(21)14-11-18-20-9-4-8-17-15(14)20/h3-5,8-12H,6-7H2,1-2H3. The normalized spacial score (nSPS) is 12.5. The van der Waals surface area contributed by atoms with Crippen molar-refractivity contribution in [2.24, 2.45) is 0 Å². The molecule has 0 saturated carbocycles. The Bertz CT molecular complexity index is 763. The van der Waals surface area contributed by atoms with E-state index in [0.29, 0.717) is 11.2 Å². The molecule has 1 unspecified atom stereocenters. The van der Waals surface area contributed by atoms with Gasteiger partial charge < -0.3 is 9.32 Å². The number of amides is 1. The Morgan fingerprint density at radius 1 is 1.45 bits per heavy atom. The van der Waals surface area contributed by atoms with Gasteiger partial charge in [0.2, 0.25) is 0 Å². The van der Waals surface area contributed by atoms with Crippen molar-refractivity contribution in [3.63, 3.8) is 0 Å². The molecule has 0 aromatic carbocycles. The predicted octanol–water partition coefficient (Wildman–Crippen LogP) is 2.42. The summed E-state index contributed by atoms with van der Waals surface area (Å²) < 4.78 is 6.93. The van der Waals surface area contributed by atoms with Gasteiger partial charge in [-0.25, -0.2) is 9.50 Å². The Morgan fingerprint density at radius 2 is 2.32 bits per heavy atom. The van der Waals surface area contributed by atoms with Crippen LogP contribution in [0, 0.1) is 0 Å². The van der Waals surface area contributed by atoms with E-state index in [2.05, 4.69) is 10.1 Å². The van der Waals surface area contributed by atoms with Gasteiger partial charge in [-0.15, -0.1) is 0 Å². The number of carbonyl (C=O) groups is 1. The second-order valence-corrected chi connectivity index (χ2v) is 5.33. The highest BCUT2D eigenvalue weighted by atomic mass is 16.3. The molecule has 3 aromatic rings. The molecule has 6 nitrogen and oxygen atoms in total. The molecular weight excluding hydrogens is 280 g/mol. The van der Waals surface area contributed by atoms with Crippen molar-refractivity contribution in [1.82, 2.24) is 19.5 Å². The van der Waals surface area contributed by atoms with Gasteiger partial charge in [-0.2, -0.15) is 5.10 Å². The first-order valence-corrected chi connectivity index (χ1v) is 7.24. The number of carbonyl (C=O) groups excluding carboxylic acids is 1. The van der Waals surface area contributed by atoms with E-state index in [-0.39, 0.29) is 11.9 Å². The molecule has 0 aliphatic carbocycles. The quantitative estimate of drug-likeness (QED) is 0.725. The van der Waals surface area contributed by atoms with Gasteiger partial charge in [-0.1, -0.05) is 0 Å². The predicted molar refractivity (Wildman–Crippen MR) is 81.6 cm³/mol. The highest BCUT2D eigenvalue weighted by Crippen LogP contribution is 2.14. The minimum Gasteiger partial charge on any atom is -0.469 e. The van der Waals surface area contributed by atoms with Gasteiger partial charge in [-0.3, -0.25) is 4.79 Å². The Kier molecular flexibility index (Phi) is 3.91. The van der Waals surface area contributed by atoms with Gasteiger partial charge in [0.25, 0.3) is 5.91 Å². The molecule has 0 N–H and O–H groups in total. The van der Waals surface area contributed by atoms with Crippen molar-refractivity contribution < 1.29 is 9.21 Å². The van der Waals surface area contributed by atoms with Crippen LogP contribution in [0.5, 0.6) is 0 Å². The van der Waals surface area contributed by atoms with Crippen molar-refractivity contribution >= 4 is 11.6 Å². The topological polar surface area (TPSA) is 63.6 Å². The third kappa shape index (κ3) is 2.72. The van der Waals surface area contributed by atoms with E-state index in [0.717, 1.165) is 18.6 Å². The summed E-state index contributed by atoms with van der Waals surface area (Å²) >= 11 is 0. The highest BCUT2D eigenvalue weighted by molar-refractivity contribution is 5.99. The molecule has 0 saturated heterocycles. The molecule has 114 valence electrons. The third-order valence-electron chi connectivity index (χ3n) is 3.88. The summed E-state index contributed by atoms with van der Waals surface area (Å²) in [7, 11) is 1.81. The monoisotopic (exact) mass is 298 g/mol. The average molecular weight is 298 g/mol. The minimum atomic E-state index is -0.0688.